The van der Waals surface area contributed by atoms with E-state index in [9.17, 15) is 13.6 Å². The molecule has 33 heavy (non-hydrogen) atoms. The van der Waals surface area contributed by atoms with Crippen LogP contribution in [0.25, 0.3) is 10.9 Å². The Morgan fingerprint density at radius 1 is 1.30 bits per heavy atom. The zero-order valence-electron chi connectivity index (χ0n) is 19.7. The summed E-state index contributed by atoms with van der Waals surface area (Å²) in [5, 5.41) is 3.86. The van der Waals surface area contributed by atoms with Gasteiger partial charge in [-0.3, -0.25) is 0 Å². The standard InChI is InChI=1S/C24H35F2N3O4/c1-24(2,3)33-23(30)27-10-4-5-13-31-18-6-7-21-20(14-18)17(15-28-21)8-11-29-12-9-19(16-29)32-22(25)26/h6-7,14-15,19,22,28H,4-5,8-13,16H2,1-3H3,(H,27,30)/t19-/m0/s1. The van der Waals surface area contributed by atoms with Crippen molar-refractivity contribution in [3.05, 3.63) is 30.0 Å². The summed E-state index contributed by atoms with van der Waals surface area (Å²) in [4.78, 5) is 17.1. The van der Waals surface area contributed by atoms with E-state index < -0.39 is 18.3 Å². The monoisotopic (exact) mass is 467 g/mol. The third kappa shape index (κ3) is 8.47. The smallest absolute Gasteiger partial charge is 0.407 e. The average molecular weight is 468 g/mol. The van der Waals surface area contributed by atoms with Crippen molar-refractivity contribution in [1.29, 1.82) is 0 Å². The maximum Gasteiger partial charge on any atom is 0.407 e. The number of carbonyl (C=O) groups is 1. The number of hydrogen-bond donors (Lipinski definition) is 2. The normalized spacial score (nSPS) is 17.1. The first-order valence-electron chi connectivity index (χ1n) is 11.6. The SMILES string of the molecule is CC(C)(C)OC(=O)NCCCCOc1ccc2[nH]cc(CCN3CC[C@H](OC(F)F)C3)c2c1. The maximum absolute atomic E-state index is 12.4. The number of nitrogens with one attached hydrogen (secondary N) is 2. The number of H-pyrrole nitrogens is 1. The van der Waals surface area contributed by atoms with E-state index in [0.717, 1.165) is 49.0 Å². The minimum atomic E-state index is -2.71. The summed E-state index contributed by atoms with van der Waals surface area (Å²) in [6.45, 7) is 6.01. The second kappa shape index (κ2) is 11.7. The number of hydrogen-bond acceptors (Lipinski definition) is 5. The lowest BCUT2D eigenvalue weighted by atomic mass is 10.1. The Hall–Kier alpha value is -2.39. The maximum atomic E-state index is 12.4. The molecule has 1 aliphatic rings. The van der Waals surface area contributed by atoms with E-state index >= 15 is 0 Å². The fourth-order valence-electron chi connectivity index (χ4n) is 3.91. The van der Waals surface area contributed by atoms with E-state index in [1.807, 2.05) is 45.2 Å². The summed E-state index contributed by atoms with van der Waals surface area (Å²) < 4.78 is 40.5. The van der Waals surface area contributed by atoms with Crippen molar-refractivity contribution < 1.29 is 27.8 Å². The van der Waals surface area contributed by atoms with Gasteiger partial charge in [0.05, 0.1) is 12.7 Å². The molecule has 3 rings (SSSR count). The molecule has 1 fully saturated rings. The molecule has 0 saturated carbocycles. The Morgan fingerprint density at radius 2 is 2.12 bits per heavy atom. The number of ether oxygens (including phenoxy) is 3. The van der Waals surface area contributed by atoms with Gasteiger partial charge in [0.2, 0.25) is 0 Å². The first-order chi connectivity index (χ1) is 15.7. The average Bonchev–Trinajstić information content (AvgIpc) is 3.33. The van der Waals surface area contributed by atoms with Crippen LogP contribution in [0.1, 0.15) is 45.6 Å². The van der Waals surface area contributed by atoms with E-state index in [1.165, 1.54) is 5.56 Å². The Morgan fingerprint density at radius 3 is 2.88 bits per heavy atom. The lowest BCUT2D eigenvalue weighted by Gasteiger charge is -2.19. The number of halogens is 2. The highest BCUT2D eigenvalue weighted by atomic mass is 19.3. The predicted molar refractivity (Wildman–Crippen MR) is 123 cm³/mol. The van der Waals surface area contributed by atoms with Crippen molar-refractivity contribution in [3.8, 4) is 5.75 Å². The first-order valence-corrected chi connectivity index (χ1v) is 11.6. The van der Waals surface area contributed by atoms with Crippen LogP contribution < -0.4 is 10.1 Å². The predicted octanol–water partition coefficient (Wildman–Crippen LogP) is 4.71. The molecule has 1 aromatic carbocycles. The molecule has 2 heterocycles. The van der Waals surface area contributed by atoms with Crippen LogP contribution in [0, 0.1) is 0 Å². The van der Waals surface area contributed by atoms with Crippen molar-refractivity contribution in [1.82, 2.24) is 15.2 Å². The summed E-state index contributed by atoms with van der Waals surface area (Å²) in [6.07, 6.45) is 4.28. The molecule has 1 amide bonds. The zero-order valence-corrected chi connectivity index (χ0v) is 19.7. The van der Waals surface area contributed by atoms with Gasteiger partial charge in [-0.25, -0.2) is 4.79 Å². The van der Waals surface area contributed by atoms with Crippen LogP contribution in [0.4, 0.5) is 13.6 Å². The number of benzene rings is 1. The lowest BCUT2D eigenvalue weighted by molar-refractivity contribution is -0.158. The number of likely N-dealkylation sites (tertiary alicyclic amines) is 1. The van der Waals surface area contributed by atoms with E-state index in [1.54, 1.807) is 0 Å². The minimum absolute atomic E-state index is 0.382. The van der Waals surface area contributed by atoms with E-state index in [-0.39, 0.29) is 6.10 Å². The van der Waals surface area contributed by atoms with Gasteiger partial charge >= 0.3 is 12.7 Å². The van der Waals surface area contributed by atoms with Crippen LogP contribution >= 0.6 is 0 Å². The number of carbonyl (C=O) groups excluding carboxylic acids is 1. The number of fused-ring (bicyclic) bond motifs is 1. The topological polar surface area (TPSA) is 75.8 Å². The van der Waals surface area contributed by atoms with Gasteiger partial charge in [0.15, 0.2) is 0 Å². The molecule has 2 N–H and O–H groups in total. The molecule has 7 nitrogen and oxygen atoms in total. The molecule has 9 heteroatoms. The number of nitrogens with zero attached hydrogens (tertiary/aromatic N) is 1. The molecule has 1 aromatic heterocycles. The highest BCUT2D eigenvalue weighted by Gasteiger charge is 2.25. The molecule has 0 unspecified atom stereocenters. The second-order valence-corrected chi connectivity index (χ2v) is 9.36. The van der Waals surface area contributed by atoms with Gasteiger partial charge in [0.25, 0.3) is 0 Å². The van der Waals surface area contributed by atoms with E-state index in [4.69, 9.17) is 9.47 Å². The van der Waals surface area contributed by atoms with Gasteiger partial charge in [0, 0.05) is 43.3 Å². The van der Waals surface area contributed by atoms with Crippen LogP contribution in [-0.4, -0.2) is 67.1 Å². The third-order valence-electron chi connectivity index (χ3n) is 5.47. The van der Waals surface area contributed by atoms with Crippen LogP contribution in [0.15, 0.2) is 24.4 Å². The largest absolute Gasteiger partial charge is 0.494 e. The van der Waals surface area contributed by atoms with Crippen molar-refractivity contribution in [2.24, 2.45) is 0 Å². The Kier molecular flexibility index (Phi) is 8.91. The molecule has 2 aromatic rings. The Balaban J connectivity index is 1.40. The molecule has 184 valence electrons. The Labute approximate surface area is 193 Å². The lowest BCUT2D eigenvalue weighted by Crippen LogP contribution is -2.33. The molecule has 1 saturated heterocycles. The highest BCUT2D eigenvalue weighted by Crippen LogP contribution is 2.25. The molecule has 1 atom stereocenters. The summed E-state index contributed by atoms with van der Waals surface area (Å²) in [5.74, 6) is 0.801. The summed E-state index contributed by atoms with van der Waals surface area (Å²) in [6, 6.07) is 5.97. The number of aromatic amines is 1. The second-order valence-electron chi connectivity index (χ2n) is 9.36. The Bertz CT molecular complexity index is 897. The quantitative estimate of drug-likeness (QED) is 0.468. The molecule has 1 aliphatic heterocycles. The fraction of sp³-hybridized carbons (Fsp3) is 0.625. The molecule has 0 bridgehead atoms. The first kappa shape index (κ1) is 25.2. The number of alkyl carbamates (subject to hydrolysis) is 1. The van der Waals surface area contributed by atoms with Crippen molar-refractivity contribution >= 4 is 17.0 Å². The van der Waals surface area contributed by atoms with E-state index in [0.29, 0.717) is 26.1 Å². The van der Waals surface area contributed by atoms with Crippen LogP contribution in [0.3, 0.4) is 0 Å². The molecule has 0 spiro atoms. The molecular formula is C24H35F2N3O4. The van der Waals surface area contributed by atoms with Crippen LogP contribution in [-0.2, 0) is 15.9 Å². The summed E-state index contributed by atoms with van der Waals surface area (Å²) in [5.41, 5.74) is 1.72. The molecular weight excluding hydrogens is 432 g/mol. The molecule has 0 radical (unpaired) electrons. The van der Waals surface area contributed by atoms with Crippen LogP contribution in [0.2, 0.25) is 0 Å². The number of aromatic nitrogens is 1. The minimum Gasteiger partial charge on any atom is -0.494 e. The van der Waals surface area contributed by atoms with Gasteiger partial charge in [-0.15, -0.1) is 0 Å². The summed E-state index contributed by atoms with van der Waals surface area (Å²) in [7, 11) is 0. The van der Waals surface area contributed by atoms with Crippen LogP contribution in [0.5, 0.6) is 5.75 Å². The number of rotatable bonds is 11. The number of amides is 1. The van der Waals surface area contributed by atoms with Crippen molar-refractivity contribution in [3.63, 3.8) is 0 Å². The number of unbranched alkanes of at least 4 members (excludes halogenated alkanes) is 1. The number of alkyl halides is 2. The third-order valence-corrected chi connectivity index (χ3v) is 5.47. The van der Waals surface area contributed by atoms with Crippen molar-refractivity contribution in [2.75, 3.05) is 32.8 Å². The summed E-state index contributed by atoms with van der Waals surface area (Å²) >= 11 is 0. The highest BCUT2D eigenvalue weighted by molar-refractivity contribution is 5.84. The molecule has 0 aliphatic carbocycles. The van der Waals surface area contributed by atoms with Gasteiger partial charge in [-0.05, 0) is 70.2 Å². The van der Waals surface area contributed by atoms with Gasteiger partial charge < -0.3 is 29.4 Å². The van der Waals surface area contributed by atoms with Gasteiger partial charge in [0.1, 0.15) is 11.4 Å². The van der Waals surface area contributed by atoms with Gasteiger partial charge in [-0.2, -0.15) is 8.78 Å². The van der Waals surface area contributed by atoms with Gasteiger partial charge in [-0.1, -0.05) is 0 Å². The van der Waals surface area contributed by atoms with Crippen molar-refractivity contribution in [2.45, 2.75) is 64.8 Å². The van der Waals surface area contributed by atoms with E-state index in [2.05, 4.69) is 19.9 Å². The fourth-order valence-corrected chi connectivity index (χ4v) is 3.91. The zero-order chi connectivity index (χ0) is 23.8.